The van der Waals surface area contributed by atoms with Gasteiger partial charge in [0.1, 0.15) is 18.1 Å². The molecular formula is C23H18BrN3O3. The van der Waals surface area contributed by atoms with Gasteiger partial charge in [-0.1, -0.05) is 46.3 Å². The number of phenolic OH excluding ortho intramolecular Hbond substituents is 1. The maximum absolute atomic E-state index is 13.1. The monoisotopic (exact) mass is 463 g/mol. The summed E-state index contributed by atoms with van der Waals surface area (Å²) in [5, 5.41) is 14.8. The van der Waals surface area contributed by atoms with Gasteiger partial charge in [-0.2, -0.15) is 9.78 Å². The first-order valence-corrected chi connectivity index (χ1v) is 10.0. The van der Waals surface area contributed by atoms with E-state index < -0.39 is 0 Å². The summed E-state index contributed by atoms with van der Waals surface area (Å²) in [5.41, 5.74) is 1.71. The topological polar surface area (TPSA) is 76.7 Å². The molecule has 30 heavy (non-hydrogen) atoms. The molecule has 150 valence electrons. The maximum Gasteiger partial charge on any atom is 0.282 e. The Balaban J connectivity index is 1.78. The molecule has 0 amide bonds. The number of hydrogen-bond donors (Lipinski definition) is 1. The quantitative estimate of drug-likeness (QED) is 0.437. The van der Waals surface area contributed by atoms with Crippen molar-refractivity contribution in [1.29, 1.82) is 0 Å². The SMILES string of the molecule is Cc1ccccc1OCc1nc2ccccc2c(=O)n1/N=C\c1cc(Br)ccc1O. The smallest absolute Gasteiger partial charge is 0.282 e. The molecule has 0 bridgehead atoms. The Morgan fingerprint density at radius 2 is 1.90 bits per heavy atom. The molecule has 0 spiro atoms. The number of halogens is 1. The van der Waals surface area contributed by atoms with E-state index in [-0.39, 0.29) is 17.9 Å². The summed E-state index contributed by atoms with van der Waals surface area (Å²) in [6.07, 6.45) is 1.43. The molecular weight excluding hydrogens is 446 g/mol. The van der Waals surface area contributed by atoms with Gasteiger partial charge in [0.15, 0.2) is 5.82 Å². The van der Waals surface area contributed by atoms with E-state index in [1.165, 1.54) is 10.9 Å². The minimum Gasteiger partial charge on any atom is -0.507 e. The van der Waals surface area contributed by atoms with E-state index in [0.717, 1.165) is 10.0 Å². The van der Waals surface area contributed by atoms with E-state index in [0.29, 0.717) is 28.0 Å². The van der Waals surface area contributed by atoms with Crippen LogP contribution in [0.2, 0.25) is 0 Å². The summed E-state index contributed by atoms with van der Waals surface area (Å²) in [7, 11) is 0. The molecule has 1 heterocycles. The second-order valence-electron chi connectivity index (χ2n) is 6.66. The number of para-hydroxylation sites is 2. The maximum atomic E-state index is 13.1. The van der Waals surface area contributed by atoms with Crippen molar-refractivity contribution in [3.8, 4) is 11.5 Å². The first kappa shape index (κ1) is 19.8. The van der Waals surface area contributed by atoms with Crippen LogP contribution in [-0.4, -0.2) is 21.0 Å². The molecule has 0 aliphatic rings. The number of nitrogens with zero attached hydrogens (tertiary/aromatic N) is 3. The van der Waals surface area contributed by atoms with Crippen LogP contribution >= 0.6 is 15.9 Å². The zero-order valence-corrected chi connectivity index (χ0v) is 17.7. The number of phenols is 1. The summed E-state index contributed by atoms with van der Waals surface area (Å²) < 4.78 is 7.90. The molecule has 0 unspecified atom stereocenters. The van der Waals surface area contributed by atoms with Crippen molar-refractivity contribution in [3.63, 3.8) is 0 Å². The van der Waals surface area contributed by atoms with Crippen LogP contribution < -0.4 is 10.3 Å². The molecule has 4 aromatic rings. The largest absolute Gasteiger partial charge is 0.507 e. The lowest BCUT2D eigenvalue weighted by Gasteiger charge is -2.12. The molecule has 0 aliphatic carbocycles. The molecule has 4 rings (SSSR count). The Kier molecular flexibility index (Phi) is 5.63. The van der Waals surface area contributed by atoms with Crippen LogP contribution in [0.15, 0.2) is 81.1 Å². The highest BCUT2D eigenvalue weighted by Crippen LogP contribution is 2.21. The number of rotatable bonds is 5. The molecule has 0 atom stereocenters. The van der Waals surface area contributed by atoms with Crippen LogP contribution in [0, 0.1) is 6.92 Å². The van der Waals surface area contributed by atoms with Crippen LogP contribution in [0.4, 0.5) is 0 Å². The lowest BCUT2D eigenvalue weighted by Crippen LogP contribution is -2.23. The summed E-state index contributed by atoms with van der Waals surface area (Å²) in [6, 6.07) is 19.7. The van der Waals surface area contributed by atoms with Crippen LogP contribution in [0.25, 0.3) is 10.9 Å². The molecule has 1 N–H and O–H groups in total. The number of aryl methyl sites for hydroxylation is 1. The third kappa shape index (κ3) is 4.11. The van der Waals surface area contributed by atoms with Crippen molar-refractivity contribution in [3.05, 3.63) is 98.5 Å². The van der Waals surface area contributed by atoms with E-state index in [9.17, 15) is 9.90 Å². The predicted octanol–water partition coefficient (Wildman–Crippen LogP) is 4.63. The molecule has 6 nitrogen and oxygen atoms in total. The van der Waals surface area contributed by atoms with Crippen LogP contribution in [0.1, 0.15) is 17.0 Å². The number of ether oxygens (including phenoxy) is 1. The van der Waals surface area contributed by atoms with Crippen molar-refractivity contribution in [2.75, 3.05) is 0 Å². The lowest BCUT2D eigenvalue weighted by atomic mass is 10.2. The van der Waals surface area contributed by atoms with Gasteiger partial charge in [-0.15, -0.1) is 0 Å². The summed E-state index contributed by atoms with van der Waals surface area (Å²) in [5.74, 6) is 1.12. The fraction of sp³-hybridized carbons (Fsp3) is 0.0870. The third-order valence-corrected chi connectivity index (χ3v) is 5.07. The van der Waals surface area contributed by atoms with Crippen LogP contribution in [0.3, 0.4) is 0 Å². The van der Waals surface area contributed by atoms with Gasteiger partial charge < -0.3 is 9.84 Å². The van der Waals surface area contributed by atoms with Crippen molar-refractivity contribution in [1.82, 2.24) is 9.66 Å². The first-order valence-electron chi connectivity index (χ1n) is 9.25. The molecule has 7 heteroatoms. The summed E-state index contributed by atoms with van der Waals surface area (Å²) in [6.45, 7) is 2.01. The van der Waals surface area contributed by atoms with E-state index in [1.54, 1.807) is 36.4 Å². The number of fused-ring (bicyclic) bond motifs is 1. The zero-order valence-electron chi connectivity index (χ0n) is 16.1. The second kappa shape index (κ2) is 8.51. The zero-order chi connectivity index (χ0) is 21.1. The minimum absolute atomic E-state index is 0.0569. The van der Waals surface area contributed by atoms with Gasteiger partial charge in [0, 0.05) is 10.0 Å². The number of aromatic nitrogens is 2. The lowest BCUT2D eigenvalue weighted by molar-refractivity contribution is 0.287. The van der Waals surface area contributed by atoms with E-state index in [2.05, 4.69) is 26.0 Å². The third-order valence-electron chi connectivity index (χ3n) is 4.57. The Bertz CT molecular complexity index is 1310. The molecule has 1 aromatic heterocycles. The number of hydrogen-bond acceptors (Lipinski definition) is 5. The van der Waals surface area contributed by atoms with E-state index in [4.69, 9.17) is 4.74 Å². The molecule has 0 saturated heterocycles. The average Bonchev–Trinajstić information content (AvgIpc) is 2.75. The van der Waals surface area contributed by atoms with Crippen LogP contribution in [0.5, 0.6) is 11.5 Å². The van der Waals surface area contributed by atoms with Crippen molar-refractivity contribution >= 4 is 33.0 Å². The second-order valence-corrected chi connectivity index (χ2v) is 7.58. The van der Waals surface area contributed by atoms with E-state index >= 15 is 0 Å². The average molecular weight is 464 g/mol. The highest BCUT2D eigenvalue weighted by atomic mass is 79.9. The molecule has 0 aliphatic heterocycles. The minimum atomic E-state index is -0.310. The summed E-state index contributed by atoms with van der Waals surface area (Å²) in [4.78, 5) is 17.7. The number of aromatic hydroxyl groups is 1. The van der Waals surface area contributed by atoms with Crippen molar-refractivity contribution in [2.45, 2.75) is 13.5 Å². The first-order chi connectivity index (χ1) is 14.5. The summed E-state index contributed by atoms with van der Waals surface area (Å²) >= 11 is 3.37. The van der Waals surface area contributed by atoms with Gasteiger partial charge in [0.2, 0.25) is 0 Å². The Hall–Kier alpha value is -3.45. The van der Waals surface area contributed by atoms with Gasteiger partial charge in [-0.3, -0.25) is 4.79 Å². The Labute approximate surface area is 181 Å². The van der Waals surface area contributed by atoms with Gasteiger partial charge >= 0.3 is 0 Å². The molecule has 0 saturated carbocycles. The van der Waals surface area contributed by atoms with Crippen molar-refractivity contribution in [2.24, 2.45) is 5.10 Å². The fourth-order valence-electron chi connectivity index (χ4n) is 2.99. The van der Waals surface area contributed by atoms with Crippen LogP contribution in [-0.2, 0) is 6.61 Å². The van der Waals surface area contributed by atoms with Gasteiger partial charge in [0.25, 0.3) is 5.56 Å². The van der Waals surface area contributed by atoms with E-state index in [1.807, 2.05) is 37.3 Å². The fourth-order valence-corrected chi connectivity index (χ4v) is 3.37. The molecule has 0 radical (unpaired) electrons. The van der Waals surface area contributed by atoms with Gasteiger partial charge in [0.05, 0.1) is 17.1 Å². The Morgan fingerprint density at radius 3 is 2.73 bits per heavy atom. The number of benzene rings is 3. The Morgan fingerprint density at radius 1 is 1.13 bits per heavy atom. The molecule has 3 aromatic carbocycles. The molecule has 0 fully saturated rings. The normalized spacial score (nSPS) is 11.3. The standard InChI is InChI=1S/C23H18BrN3O3/c1-15-6-2-5-9-21(15)30-14-22-26-19-8-4-3-7-18(19)23(29)27(22)25-13-16-12-17(24)10-11-20(16)28/h2-13,28H,14H2,1H3/b25-13-. The van der Waals surface area contributed by atoms with Gasteiger partial charge in [-0.25, -0.2) is 4.98 Å². The van der Waals surface area contributed by atoms with Crippen molar-refractivity contribution < 1.29 is 9.84 Å². The predicted molar refractivity (Wildman–Crippen MR) is 120 cm³/mol. The highest BCUT2D eigenvalue weighted by Gasteiger charge is 2.12. The highest BCUT2D eigenvalue weighted by molar-refractivity contribution is 9.10. The van der Waals surface area contributed by atoms with Gasteiger partial charge in [-0.05, 0) is 48.9 Å².